The summed E-state index contributed by atoms with van der Waals surface area (Å²) < 4.78 is 0. The Balaban J connectivity index is 1.95. The van der Waals surface area contributed by atoms with E-state index in [-0.39, 0.29) is 11.6 Å². The van der Waals surface area contributed by atoms with Crippen LogP contribution in [0.2, 0.25) is 0 Å². The number of hydrogen-bond donors (Lipinski definition) is 2. The van der Waals surface area contributed by atoms with Crippen LogP contribution in [0.5, 0.6) is 0 Å². The number of anilines is 1. The molecule has 1 aromatic heterocycles. The van der Waals surface area contributed by atoms with E-state index >= 15 is 0 Å². The summed E-state index contributed by atoms with van der Waals surface area (Å²) in [5.41, 5.74) is 6.65. The molecule has 0 spiro atoms. The first kappa shape index (κ1) is 17.2. The van der Waals surface area contributed by atoms with Gasteiger partial charge in [0.25, 0.3) is 0 Å². The van der Waals surface area contributed by atoms with Crippen LogP contribution in [0, 0.1) is 23.2 Å². The van der Waals surface area contributed by atoms with E-state index in [4.69, 9.17) is 11.0 Å². The number of likely N-dealkylation sites (tertiary alicyclic amines) is 1. The number of hydrogen-bond acceptors (Lipinski definition) is 6. The first-order valence-corrected chi connectivity index (χ1v) is 8.33. The average molecular weight is 335 g/mol. The minimum absolute atomic E-state index is 0.207. The maximum Gasteiger partial charge on any atom is 0.154 e. The van der Waals surface area contributed by atoms with E-state index in [1.807, 2.05) is 6.07 Å². The first-order chi connectivity index (χ1) is 11.9. The predicted octanol–water partition coefficient (Wildman–Crippen LogP) is 1.67. The van der Waals surface area contributed by atoms with Gasteiger partial charge in [-0.3, -0.25) is 4.90 Å². The number of nitrogens with zero attached hydrogens (tertiary/aromatic N) is 4. The summed E-state index contributed by atoms with van der Waals surface area (Å²) in [6.45, 7) is 5.78. The van der Waals surface area contributed by atoms with Gasteiger partial charge in [-0.1, -0.05) is 12.0 Å². The Morgan fingerprint density at radius 1 is 1.24 bits per heavy atom. The standard InChI is InChI=1S/C19H21N5O/c1-19(2,24-9-6-14(25)7-10-24)8-5-17-15-4-3-13(12-20)11-16(15)18(21)23-22-17/h3-4,11,14,25H,6-7,9-10H2,1-2H3,(H2,21,23). The Hall–Kier alpha value is -2.67. The molecule has 0 atom stereocenters. The second-order valence-corrected chi connectivity index (χ2v) is 6.83. The normalized spacial score (nSPS) is 16.2. The van der Waals surface area contributed by atoms with Gasteiger partial charge in [0.15, 0.2) is 5.82 Å². The smallest absolute Gasteiger partial charge is 0.154 e. The minimum atomic E-state index is -0.331. The Morgan fingerprint density at radius 2 is 1.96 bits per heavy atom. The molecular weight excluding hydrogens is 314 g/mol. The molecule has 3 N–H and O–H groups in total. The van der Waals surface area contributed by atoms with Gasteiger partial charge in [0.1, 0.15) is 5.69 Å². The van der Waals surface area contributed by atoms with Crippen LogP contribution in [-0.2, 0) is 0 Å². The summed E-state index contributed by atoms with van der Waals surface area (Å²) in [6, 6.07) is 7.35. The fraction of sp³-hybridized carbons (Fsp3) is 0.421. The molecule has 3 rings (SSSR count). The van der Waals surface area contributed by atoms with Crippen LogP contribution in [0.15, 0.2) is 18.2 Å². The molecule has 0 bridgehead atoms. The molecule has 0 saturated carbocycles. The summed E-state index contributed by atoms with van der Waals surface area (Å²) in [5, 5.41) is 28.3. The molecule has 128 valence electrons. The van der Waals surface area contributed by atoms with Crippen LogP contribution in [0.4, 0.5) is 5.82 Å². The van der Waals surface area contributed by atoms with Gasteiger partial charge in [0.2, 0.25) is 0 Å². The van der Waals surface area contributed by atoms with Crippen molar-refractivity contribution < 1.29 is 5.11 Å². The van der Waals surface area contributed by atoms with Crippen molar-refractivity contribution in [2.75, 3.05) is 18.8 Å². The van der Waals surface area contributed by atoms with Crippen LogP contribution in [-0.4, -0.2) is 44.9 Å². The molecule has 0 unspecified atom stereocenters. The number of rotatable bonds is 1. The zero-order chi connectivity index (χ0) is 18.0. The Labute approximate surface area is 147 Å². The van der Waals surface area contributed by atoms with Crippen molar-refractivity contribution in [2.24, 2.45) is 0 Å². The van der Waals surface area contributed by atoms with Crippen molar-refractivity contribution in [3.05, 3.63) is 29.5 Å². The molecule has 1 aliphatic heterocycles. The molecule has 0 aliphatic carbocycles. The number of nitrogen functional groups attached to an aromatic ring is 1. The lowest BCUT2D eigenvalue weighted by molar-refractivity contribution is 0.0508. The van der Waals surface area contributed by atoms with E-state index in [2.05, 4.69) is 46.9 Å². The molecule has 25 heavy (non-hydrogen) atoms. The summed E-state index contributed by atoms with van der Waals surface area (Å²) in [4.78, 5) is 2.27. The monoisotopic (exact) mass is 335 g/mol. The van der Waals surface area contributed by atoms with Gasteiger partial charge in [-0.15, -0.1) is 10.2 Å². The highest BCUT2D eigenvalue weighted by molar-refractivity contribution is 5.94. The third-order valence-electron chi connectivity index (χ3n) is 4.68. The Kier molecular flexibility index (Phi) is 4.59. The zero-order valence-corrected chi connectivity index (χ0v) is 14.5. The maximum absolute atomic E-state index is 9.67. The highest BCUT2D eigenvalue weighted by Crippen LogP contribution is 2.23. The zero-order valence-electron chi connectivity index (χ0n) is 14.5. The molecule has 2 aromatic rings. The van der Waals surface area contributed by atoms with Crippen molar-refractivity contribution in [1.29, 1.82) is 5.26 Å². The number of benzene rings is 1. The summed E-state index contributed by atoms with van der Waals surface area (Å²) in [6.07, 6.45) is 1.33. The van der Waals surface area contributed by atoms with E-state index in [9.17, 15) is 5.11 Å². The Morgan fingerprint density at radius 3 is 2.64 bits per heavy atom. The van der Waals surface area contributed by atoms with Crippen molar-refractivity contribution in [3.8, 4) is 17.9 Å². The Bertz CT molecular complexity index is 896. The van der Waals surface area contributed by atoms with Gasteiger partial charge in [-0.05, 0) is 44.7 Å². The first-order valence-electron chi connectivity index (χ1n) is 8.33. The van der Waals surface area contributed by atoms with E-state index in [1.54, 1.807) is 12.1 Å². The van der Waals surface area contributed by atoms with E-state index in [0.717, 1.165) is 31.3 Å². The third-order valence-corrected chi connectivity index (χ3v) is 4.68. The third kappa shape index (κ3) is 3.56. The topological polar surface area (TPSA) is 99.1 Å². The molecule has 6 nitrogen and oxygen atoms in total. The van der Waals surface area contributed by atoms with Crippen LogP contribution < -0.4 is 5.73 Å². The van der Waals surface area contributed by atoms with Gasteiger partial charge >= 0.3 is 0 Å². The number of fused-ring (bicyclic) bond motifs is 1. The van der Waals surface area contributed by atoms with Gasteiger partial charge in [0.05, 0.1) is 23.3 Å². The highest BCUT2D eigenvalue weighted by Gasteiger charge is 2.28. The molecule has 1 fully saturated rings. The lowest BCUT2D eigenvalue weighted by Crippen LogP contribution is -2.48. The van der Waals surface area contributed by atoms with Gasteiger partial charge in [-0.25, -0.2) is 0 Å². The summed E-state index contributed by atoms with van der Waals surface area (Å²) in [5.74, 6) is 6.71. The molecule has 2 heterocycles. The van der Waals surface area contributed by atoms with Crippen molar-refractivity contribution in [1.82, 2.24) is 15.1 Å². The number of piperidine rings is 1. The second-order valence-electron chi connectivity index (χ2n) is 6.83. The fourth-order valence-electron chi connectivity index (χ4n) is 3.05. The molecule has 0 radical (unpaired) electrons. The van der Waals surface area contributed by atoms with E-state index in [1.165, 1.54) is 0 Å². The summed E-state index contributed by atoms with van der Waals surface area (Å²) in [7, 11) is 0. The molecular formula is C19H21N5O. The molecule has 1 saturated heterocycles. The predicted molar refractivity (Wildman–Crippen MR) is 96.4 cm³/mol. The number of nitrogens with two attached hydrogens (primary N) is 1. The molecule has 0 amide bonds. The number of aliphatic hydroxyl groups excluding tert-OH is 1. The second kappa shape index (κ2) is 6.68. The van der Waals surface area contributed by atoms with Crippen LogP contribution in [0.3, 0.4) is 0 Å². The van der Waals surface area contributed by atoms with Gasteiger partial charge < -0.3 is 10.8 Å². The number of nitriles is 1. The van der Waals surface area contributed by atoms with Crippen LogP contribution >= 0.6 is 0 Å². The van der Waals surface area contributed by atoms with E-state index in [0.29, 0.717) is 22.5 Å². The van der Waals surface area contributed by atoms with Gasteiger partial charge in [-0.2, -0.15) is 5.26 Å². The molecule has 1 aliphatic rings. The minimum Gasteiger partial charge on any atom is -0.393 e. The van der Waals surface area contributed by atoms with Crippen LogP contribution in [0.25, 0.3) is 10.8 Å². The average Bonchev–Trinajstić information content (AvgIpc) is 2.61. The lowest BCUT2D eigenvalue weighted by Gasteiger charge is -2.38. The number of aliphatic hydroxyl groups is 1. The van der Waals surface area contributed by atoms with Crippen molar-refractivity contribution in [2.45, 2.75) is 38.3 Å². The lowest BCUT2D eigenvalue weighted by atomic mass is 9.97. The maximum atomic E-state index is 9.67. The van der Waals surface area contributed by atoms with E-state index < -0.39 is 0 Å². The van der Waals surface area contributed by atoms with Crippen molar-refractivity contribution >= 4 is 16.6 Å². The summed E-state index contributed by atoms with van der Waals surface area (Å²) >= 11 is 0. The quantitative estimate of drug-likeness (QED) is 0.769. The van der Waals surface area contributed by atoms with Gasteiger partial charge in [0, 0.05) is 23.9 Å². The number of aromatic nitrogens is 2. The SMILES string of the molecule is CC(C)(C#Cc1nnc(N)c2cc(C#N)ccc12)N1CCC(O)CC1. The largest absolute Gasteiger partial charge is 0.393 e. The fourth-order valence-corrected chi connectivity index (χ4v) is 3.05. The molecule has 6 heteroatoms. The highest BCUT2D eigenvalue weighted by atomic mass is 16.3. The van der Waals surface area contributed by atoms with Crippen molar-refractivity contribution in [3.63, 3.8) is 0 Å². The molecule has 1 aromatic carbocycles. The van der Waals surface area contributed by atoms with Crippen LogP contribution in [0.1, 0.15) is 37.9 Å².